The van der Waals surface area contributed by atoms with Crippen LogP contribution in [-0.2, 0) is 0 Å². The van der Waals surface area contributed by atoms with Crippen molar-refractivity contribution in [1.82, 2.24) is 0 Å². The van der Waals surface area contributed by atoms with Crippen LogP contribution in [0.5, 0.6) is 5.75 Å². The van der Waals surface area contributed by atoms with Crippen LogP contribution in [0.15, 0.2) is 78.9 Å². The van der Waals surface area contributed by atoms with Gasteiger partial charge in [-0.3, -0.25) is 0 Å². The van der Waals surface area contributed by atoms with E-state index in [0.717, 1.165) is 27.8 Å². The minimum Gasteiger partial charge on any atom is -0.507 e. The molecule has 2 heteroatoms. The Morgan fingerprint density at radius 1 is 0.552 bits per heavy atom. The molecule has 0 amide bonds. The first-order valence-electron chi connectivity index (χ1n) is 9.80. The summed E-state index contributed by atoms with van der Waals surface area (Å²) < 4.78 is 0. The number of rotatable bonds is 3. The molecular weight excluding hydrogens is 354 g/mol. The van der Waals surface area contributed by atoms with E-state index in [0.29, 0.717) is 11.3 Å². The standard InChI is InChI=1S/C27H25NO/c1-17-4-10-20(11-5-17)23-16-24(29)26(22-14-8-19(3)9-15-22)27(28)25(23)21-12-6-18(2)7-13-21/h4-16,29H,28H2,1-3H3. The highest BCUT2D eigenvalue weighted by molar-refractivity contribution is 6.00. The van der Waals surface area contributed by atoms with Crippen LogP contribution in [0, 0.1) is 20.8 Å². The summed E-state index contributed by atoms with van der Waals surface area (Å²) in [5, 5.41) is 10.9. The van der Waals surface area contributed by atoms with Crippen LogP contribution < -0.4 is 5.73 Å². The van der Waals surface area contributed by atoms with Gasteiger partial charge in [0.15, 0.2) is 0 Å². The van der Waals surface area contributed by atoms with Crippen molar-refractivity contribution in [3.8, 4) is 39.1 Å². The molecule has 29 heavy (non-hydrogen) atoms. The highest BCUT2D eigenvalue weighted by Crippen LogP contribution is 2.46. The number of nitrogen functional groups attached to an aromatic ring is 1. The molecule has 0 aliphatic carbocycles. The zero-order valence-electron chi connectivity index (χ0n) is 17.0. The van der Waals surface area contributed by atoms with Crippen LogP contribution in [0.2, 0.25) is 0 Å². The molecule has 0 bridgehead atoms. The number of hydrogen-bond acceptors (Lipinski definition) is 2. The molecule has 4 rings (SSSR count). The molecule has 4 aromatic carbocycles. The minimum absolute atomic E-state index is 0.192. The third-order valence-electron chi connectivity index (χ3n) is 5.39. The Morgan fingerprint density at radius 3 is 1.38 bits per heavy atom. The number of nitrogens with two attached hydrogens (primary N) is 1. The number of hydrogen-bond donors (Lipinski definition) is 2. The van der Waals surface area contributed by atoms with Gasteiger partial charge >= 0.3 is 0 Å². The van der Waals surface area contributed by atoms with Crippen LogP contribution in [-0.4, -0.2) is 5.11 Å². The Hall–Kier alpha value is -3.52. The lowest BCUT2D eigenvalue weighted by Crippen LogP contribution is -1.98. The molecule has 0 spiro atoms. The maximum Gasteiger partial charge on any atom is 0.126 e. The molecule has 0 unspecified atom stereocenters. The maximum atomic E-state index is 10.9. The van der Waals surface area contributed by atoms with Gasteiger partial charge in [-0.25, -0.2) is 0 Å². The summed E-state index contributed by atoms with van der Waals surface area (Å²) in [5.41, 5.74) is 16.4. The quantitative estimate of drug-likeness (QED) is 0.380. The molecule has 144 valence electrons. The van der Waals surface area contributed by atoms with Crippen molar-refractivity contribution < 1.29 is 5.11 Å². The van der Waals surface area contributed by atoms with Crippen molar-refractivity contribution in [3.63, 3.8) is 0 Å². The molecule has 0 heterocycles. The summed E-state index contributed by atoms with van der Waals surface area (Å²) in [6.07, 6.45) is 0. The van der Waals surface area contributed by atoms with Gasteiger partial charge in [-0.15, -0.1) is 0 Å². The summed E-state index contributed by atoms with van der Waals surface area (Å²) in [6.45, 7) is 6.19. The molecule has 0 atom stereocenters. The average Bonchev–Trinajstić information content (AvgIpc) is 2.71. The van der Waals surface area contributed by atoms with Crippen molar-refractivity contribution in [2.75, 3.05) is 5.73 Å². The molecule has 3 N–H and O–H groups in total. The van der Waals surface area contributed by atoms with Crippen LogP contribution in [0.4, 0.5) is 5.69 Å². The number of phenols is 1. The SMILES string of the molecule is Cc1ccc(-c2cc(O)c(-c3ccc(C)cc3)c(N)c2-c2ccc(C)cc2)cc1. The fourth-order valence-electron chi connectivity index (χ4n) is 3.70. The molecule has 2 nitrogen and oxygen atoms in total. The first-order valence-corrected chi connectivity index (χ1v) is 9.80. The second-order valence-corrected chi connectivity index (χ2v) is 7.71. The molecule has 0 aromatic heterocycles. The van der Waals surface area contributed by atoms with E-state index in [1.807, 2.05) is 37.3 Å². The van der Waals surface area contributed by atoms with Crippen LogP contribution in [0.3, 0.4) is 0 Å². The molecule has 0 radical (unpaired) electrons. The molecule has 0 aliphatic heterocycles. The van der Waals surface area contributed by atoms with Crippen LogP contribution in [0.25, 0.3) is 33.4 Å². The lowest BCUT2D eigenvalue weighted by atomic mass is 9.87. The van der Waals surface area contributed by atoms with E-state index in [2.05, 4.69) is 62.4 Å². The number of benzene rings is 4. The Balaban J connectivity index is 2.02. The van der Waals surface area contributed by atoms with Gasteiger partial charge in [-0.1, -0.05) is 89.5 Å². The number of aromatic hydroxyl groups is 1. The van der Waals surface area contributed by atoms with E-state index in [-0.39, 0.29) is 5.75 Å². The molecule has 0 saturated carbocycles. The van der Waals surface area contributed by atoms with Gasteiger partial charge in [0.25, 0.3) is 0 Å². The summed E-state index contributed by atoms with van der Waals surface area (Å²) in [6, 6.07) is 26.6. The third kappa shape index (κ3) is 3.62. The van der Waals surface area contributed by atoms with Gasteiger partial charge in [-0.05, 0) is 49.1 Å². The minimum atomic E-state index is 0.192. The number of aryl methyl sites for hydroxylation is 3. The molecule has 4 aromatic rings. The summed E-state index contributed by atoms with van der Waals surface area (Å²) in [7, 11) is 0. The summed E-state index contributed by atoms with van der Waals surface area (Å²) in [5.74, 6) is 0.192. The Labute approximate surface area is 172 Å². The van der Waals surface area contributed by atoms with Crippen molar-refractivity contribution in [3.05, 3.63) is 95.6 Å². The Morgan fingerprint density at radius 2 is 0.931 bits per heavy atom. The first-order chi connectivity index (χ1) is 13.9. The van der Waals surface area contributed by atoms with Crippen molar-refractivity contribution >= 4 is 5.69 Å². The van der Waals surface area contributed by atoms with E-state index in [9.17, 15) is 5.11 Å². The van der Waals surface area contributed by atoms with Crippen LogP contribution >= 0.6 is 0 Å². The van der Waals surface area contributed by atoms with Crippen molar-refractivity contribution in [2.24, 2.45) is 0 Å². The number of anilines is 1. The first kappa shape index (κ1) is 18.8. The zero-order chi connectivity index (χ0) is 20.5. The fourth-order valence-corrected chi connectivity index (χ4v) is 3.70. The maximum absolute atomic E-state index is 10.9. The smallest absolute Gasteiger partial charge is 0.126 e. The van der Waals surface area contributed by atoms with Gasteiger partial charge in [0.05, 0.1) is 5.69 Å². The fraction of sp³-hybridized carbons (Fsp3) is 0.111. The van der Waals surface area contributed by atoms with E-state index in [4.69, 9.17) is 5.73 Å². The zero-order valence-corrected chi connectivity index (χ0v) is 17.0. The average molecular weight is 380 g/mol. The van der Waals surface area contributed by atoms with Gasteiger partial charge in [-0.2, -0.15) is 0 Å². The monoisotopic (exact) mass is 379 g/mol. The van der Waals surface area contributed by atoms with Gasteiger partial charge in [0.2, 0.25) is 0 Å². The van der Waals surface area contributed by atoms with Gasteiger partial charge in [0.1, 0.15) is 5.75 Å². The lowest BCUT2D eigenvalue weighted by Gasteiger charge is -2.19. The van der Waals surface area contributed by atoms with E-state index in [1.54, 1.807) is 0 Å². The highest BCUT2D eigenvalue weighted by atomic mass is 16.3. The van der Waals surface area contributed by atoms with Gasteiger partial charge in [0, 0.05) is 11.1 Å². The Bertz CT molecular complexity index is 1160. The number of phenolic OH excluding ortho intramolecular Hbond substituents is 1. The summed E-state index contributed by atoms with van der Waals surface area (Å²) >= 11 is 0. The predicted octanol–water partition coefficient (Wildman–Crippen LogP) is 6.90. The Kier molecular flexibility index (Phi) is 4.85. The molecule has 0 fully saturated rings. The van der Waals surface area contributed by atoms with E-state index in [1.165, 1.54) is 16.7 Å². The molecule has 0 aliphatic rings. The van der Waals surface area contributed by atoms with E-state index < -0.39 is 0 Å². The topological polar surface area (TPSA) is 46.2 Å². The van der Waals surface area contributed by atoms with Crippen LogP contribution in [0.1, 0.15) is 16.7 Å². The largest absolute Gasteiger partial charge is 0.507 e. The lowest BCUT2D eigenvalue weighted by molar-refractivity contribution is 0.478. The normalized spacial score (nSPS) is 10.9. The molecular formula is C27H25NO. The second-order valence-electron chi connectivity index (χ2n) is 7.71. The van der Waals surface area contributed by atoms with E-state index >= 15 is 0 Å². The molecule has 0 saturated heterocycles. The van der Waals surface area contributed by atoms with Crippen molar-refractivity contribution in [1.29, 1.82) is 0 Å². The highest BCUT2D eigenvalue weighted by Gasteiger charge is 2.19. The summed E-state index contributed by atoms with van der Waals surface area (Å²) in [4.78, 5) is 0. The van der Waals surface area contributed by atoms with Gasteiger partial charge < -0.3 is 10.8 Å². The second kappa shape index (κ2) is 7.48. The third-order valence-corrected chi connectivity index (χ3v) is 5.39. The van der Waals surface area contributed by atoms with Crippen molar-refractivity contribution in [2.45, 2.75) is 20.8 Å². The predicted molar refractivity (Wildman–Crippen MR) is 123 cm³/mol.